The van der Waals surface area contributed by atoms with Crippen LogP contribution in [-0.2, 0) is 4.79 Å². The van der Waals surface area contributed by atoms with Crippen molar-refractivity contribution in [1.29, 1.82) is 5.26 Å². The summed E-state index contributed by atoms with van der Waals surface area (Å²) in [6.07, 6.45) is 1.40. The Kier molecular flexibility index (Phi) is 6.19. The van der Waals surface area contributed by atoms with Crippen molar-refractivity contribution in [2.45, 2.75) is 19.8 Å². The molecule has 0 fully saturated rings. The fourth-order valence-electron chi connectivity index (χ4n) is 2.21. The maximum atomic E-state index is 12.3. The quantitative estimate of drug-likeness (QED) is 0.610. The number of ether oxygens (including phenoxy) is 1. The van der Waals surface area contributed by atoms with Crippen molar-refractivity contribution in [2.75, 3.05) is 17.7 Å². The third kappa shape index (κ3) is 4.85. The van der Waals surface area contributed by atoms with Crippen LogP contribution in [0.15, 0.2) is 60.3 Å². The summed E-state index contributed by atoms with van der Waals surface area (Å²) in [7, 11) is 1.52. The van der Waals surface area contributed by atoms with Crippen LogP contribution in [0.4, 0.5) is 11.4 Å². The molecule has 0 saturated heterocycles. The van der Waals surface area contributed by atoms with Crippen molar-refractivity contribution in [3.63, 3.8) is 0 Å². The summed E-state index contributed by atoms with van der Waals surface area (Å²) in [6.45, 7) is 4.25. The van der Waals surface area contributed by atoms with Gasteiger partial charge in [0.25, 0.3) is 5.91 Å². The van der Waals surface area contributed by atoms with Crippen LogP contribution in [0.5, 0.6) is 5.75 Å². The number of hydrogen-bond acceptors (Lipinski definition) is 4. The second-order valence-electron chi connectivity index (χ2n) is 5.75. The van der Waals surface area contributed by atoms with Gasteiger partial charge in [-0.3, -0.25) is 4.79 Å². The van der Waals surface area contributed by atoms with E-state index in [0.29, 0.717) is 17.4 Å². The molecule has 25 heavy (non-hydrogen) atoms. The second-order valence-corrected chi connectivity index (χ2v) is 5.75. The number of anilines is 2. The number of nitrogens with zero attached hydrogens (tertiary/aromatic N) is 1. The van der Waals surface area contributed by atoms with Crippen molar-refractivity contribution in [3.05, 3.63) is 65.9 Å². The van der Waals surface area contributed by atoms with E-state index in [-0.39, 0.29) is 5.57 Å². The Hall–Kier alpha value is -3.26. The number of nitriles is 1. The van der Waals surface area contributed by atoms with Crippen LogP contribution in [0.2, 0.25) is 0 Å². The van der Waals surface area contributed by atoms with E-state index >= 15 is 0 Å². The van der Waals surface area contributed by atoms with Gasteiger partial charge < -0.3 is 15.4 Å². The van der Waals surface area contributed by atoms with E-state index in [2.05, 4.69) is 24.5 Å². The number of methoxy groups -OCH3 is 1. The first kappa shape index (κ1) is 18.1. The van der Waals surface area contributed by atoms with Crippen molar-refractivity contribution < 1.29 is 9.53 Å². The van der Waals surface area contributed by atoms with E-state index in [0.717, 1.165) is 5.69 Å². The lowest BCUT2D eigenvalue weighted by Crippen LogP contribution is -2.15. The molecular weight excluding hydrogens is 314 g/mol. The van der Waals surface area contributed by atoms with Crippen molar-refractivity contribution in [3.8, 4) is 11.8 Å². The van der Waals surface area contributed by atoms with Gasteiger partial charge in [0.1, 0.15) is 17.4 Å². The number of hydrogen-bond donors (Lipinski definition) is 2. The van der Waals surface area contributed by atoms with Crippen LogP contribution >= 0.6 is 0 Å². The SMILES string of the molecule is COc1ccccc1NC(=O)/C(C#N)=C\Nc1ccc(C(C)C)cc1. The molecule has 2 aromatic carbocycles. The number of carbonyl (C=O) groups excluding carboxylic acids is 1. The van der Waals surface area contributed by atoms with Gasteiger partial charge in [-0.05, 0) is 35.7 Å². The standard InChI is InChI=1S/C20H21N3O2/c1-14(2)15-8-10-17(11-9-15)22-13-16(12-21)20(24)23-18-6-4-5-7-19(18)25-3/h4-11,13-14,22H,1-3H3,(H,23,24)/b16-13-. The molecule has 0 heterocycles. The predicted octanol–water partition coefficient (Wildman–Crippen LogP) is 4.28. The first-order valence-corrected chi connectivity index (χ1v) is 7.96. The lowest BCUT2D eigenvalue weighted by Gasteiger charge is -2.10. The first-order valence-electron chi connectivity index (χ1n) is 7.96. The van der Waals surface area contributed by atoms with E-state index in [4.69, 9.17) is 4.74 Å². The number of rotatable bonds is 6. The van der Waals surface area contributed by atoms with E-state index in [9.17, 15) is 10.1 Å². The van der Waals surface area contributed by atoms with Crippen LogP contribution in [0.25, 0.3) is 0 Å². The fourth-order valence-corrected chi connectivity index (χ4v) is 2.21. The van der Waals surface area contributed by atoms with Gasteiger partial charge in [-0.25, -0.2) is 0 Å². The topological polar surface area (TPSA) is 74.1 Å². The van der Waals surface area contributed by atoms with Crippen LogP contribution < -0.4 is 15.4 Å². The summed E-state index contributed by atoms with van der Waals surface area (Å²) in [5, 5.41) is 14.9. The van der Waals surface area contributed by atoms with Crippen LogP contribution in [0, 0.1) is 11.3 Å². The minimum atomic E-state index is -0.502. The molecule has 0 spiro atoms. The van der Waals surface area contributed by atoms with E-state index < -0.39 is 5.91 Å². The first-order chi connectivity index (χ1) is 12.0. The van der Waals surface area contributed by atoms with Gasteiger partial charge in [0.2, 0.25) is 0 Å². The van der Waals surface area contributed by atoms with Gasteiger partial charge in [0.05, 0.1) is 12.8 Å². The summed E-state index contributed by atoms with van der Waals surface area (Å²) in [6, 6.07) is 16.8. The Bertz CT molecular complexity index is 802. The Labute approximate surface area is 147 Å². The van der Waals surface area contributed by atoms with Gasteiger partial charge in [0.15, 0.2) is 0 Å². The molecule has 2 N–H and O–H groups in total. The van der Waals surface area contributed by atoms with Crippen LogP contribution in [0.3, 0.4) is 0 Å². The molecule has 5 heteroatoms. The largest absolute Gasteiger partial charge is 0.495 e. The van der Waals surface area contributed by atoms with Gasteiger partial charge >= 0.3 is 0 Å². The van der Waals surface area contributed by atoms with E-state index in [1.807, 2.05) is 30.3 Å². The van der Waals surface area contributed by atoms with Gasteiger partial charge in [0, 0.05) is 11.9 Å². The summed E-state index contributed by atoms with van der Waals surface area (Å²) in [4.78, 5) is 12.3. The molecule has 0 aromatic heterocycles. The Morgan fingerprint density at radius 3 is 2.44 bits per heavy atom. The zero-order chi connectivity index (χ0) is 18.2. The predicted molar refractivity (Wildman–Crippen MR) is 99.5 cm³/mol. The molecular formula is C20H21N3O2. The molecule has 1 amide bonds. The third-order valence-electron chi connectivity index (χ3n) is 3.68. The molecule has 0 bridgehead atoms. The van der Waals surface area contributed by atoms with Crippen molar-refractivity contribution in [1.82, 2.24) is 0 Å². The monoisotopic (exact) mass is 335 g/mol. The van der Waals surface area contributed by atoms with Crippen LogP contribution in [0.1, 0.15) is 25.3 Å². The Balaban J connectivity index is 2.09. The summed E-state index contributed by atoms with van der Waals surface area (Å²) in [5.74, 6) is 0.481. The van der Waals surface area contributed by atoms with E-state index in [1.54, 1.807) is 24.3 Å². The number of para-hydroxylation sites is 2. The molecule has 0 atom stereocenters. The molecule has 0 aliphatic carbocycles. The summed E-state index contributed by atoms with van der Waals surface area (Å²) in [5.41, 5.74) is 2.52. The molecule has 0 aliphatic heterocycles. The zero-order valence-electron chi connectivity index (χ0n) is 14.5. The minimum Gasteiger partial charge on any atom is -0.495 e. The number of nitrogens with one attached hydrogen (secondary N) is 2. The molecule has 0 radical (unpaired) electrons. The zero-order valence-corrected chi connectivity index (χ0v) is 14.5. The molecule has 128 valence electrons. The highest BCUT2D eigenvalue weighted by Crippen LogP contribution is 2.23. The van der Waals surface area contributed by atoms with Gasteiger partial charge in [-0.15, -0.1) is 0 Å². The van der Waals surface area contributed by atoms with Crippen LogP contribution in [-0.4, -0.2) is 13.0 Å². The highest BCUT2D eigenvalue weighted by molar-refractivity contribution is 6.07. The molecule has 0 saturated carbocycles. The van der Waals surface area contributed by atoms with E-state index in [1.165, 1.54) is 18.9 Å². The lowest BCUT2D eigenvalue weighted by atomic mass is 10.0. The molecule has 5 nitrogen and oxygen atoms in total. The third-order valence-corrected chi connectivity index (χ3v) is 3.68. The molecule has 2 rings (SSSR count). The van der Waals surface area contributed by atoms with Gasteiger partial charge in [-0.1, -0.05) is 38.1 Å². The lowest BCUT2D eigenvalue weighted by molar-refractivity contribution is -0.112. The number of amides is 1. The number of carbonyl (C=O) groups is 1. The highest BCUT2D eigenvalue weighted by atomic mass is 16.5. The maximum Gasteiger partial charge on any atom is 0.267 e. The average molecular weight is 335 g/mol. The van der Waals surface area contributed by atoms with Gasteiger partial charge in [-0.2, -0.15) is 5.26 Å². The molecule has 2 aromatic rings. The fraction of sp³-hybridized carbons (Fsp3) is 0.200. The van der Waals surface area contributed by atoms with Crippen molar-refractivity contribution >= 4 is 17.3 Å². The molecule has 0 unspecified atom stereocenters. The Morgan fingerprint density at radius 2 is 1.84 bits per heavy atom. The summed E-state index contributed by atoms with van der Waals surface area (Å²) < 4.78 is 5.19. The van der Waals surface area contributed by atoms with Crippen molar-refractivity contribution in [2.24, 2.45) is 0 Å². The average Bonchev–Trinajstić information content (AvgIpc) is 2.63. The number of benzene rings is 2. The Morgan fingerprint density at radius 1 is 1.16 bits per heavy atom. The second kappa shape index (κ2) is 8.55. The highest BCUT2D eigenvalue weighted by Gasteiger charge is 2.11. The summed E-state index contributed by atoms with van der Waals surface area (Å²) >= 11 is 0. The smallest absolute Gasteiger partial charge is 0.267 e. The minimum absolute atomic E-state index is 0.0288. The maximum absolute atomic E-state index is 12.3. The molecule has 0 aliphatic rings. The normalized spacial score (nSPS) is 10.9.